The summed E-state index contributed by atoms with van der Waals surface area (Å²) >= 11 is 0. The van der Waals surface area contributed by atoms with E-state index in [0.717, 1.165) is 0 Å². The number of carboxylic acid groups (broad SMARTS) is 1. The maximum absolute atomic E-state index is 11.9. The number of rotatable bonds is 5. The molecule has 0 aliphatic rings. The van der Waals surface area contributed by atoms with Gasteiger partial charge in [-0.15, -0.1) is 0 Å². The summed E-state index contributed by atoms with van der Waals surface area (Å²) in [6.45, 7) is 8.42. The minimum absolute atomic E-state index is 0.118. The second-order valence-electron chi connectivity index (χ2n) is 5.07. The van der Waals surface area contributed by atoms with Crippen molar-refractivity contribution in [1.29, 1.82) is 0 Å². The zero-order valence-corrected chi connectivity index (χ0v) is 11.7. The summed E-state index contributed by atoms with van der Waals surface area (Å²) in [6.07, 6.45) is 0. The number of aryl methyl sites for hydroxylation is 1. The number of carbonyl (C=O) groups excluding carboxylic acids is 1. The van der Waals surface area contributed by atoms with Gasteiger partial charge in [0.1, 0.15) is 5.69 Å². The summed E-state index contributed by atoms with van der Waals surface area (Å²) in [4.78, 5) is 26.8. The number of carbonyl (C=O) groups is 2. The Morgan fingerprint density at radius 1 is 1.32 bits per heavy atom. The molecule has 5 nitrogen and oxygen atoms in total. The van der Waals surface area contributed by atoms with Crippen LogP contribution in [0.2, 0.25) is 0 Å². The maximum Gasteiger partial charge on any atom is 0.337 e. The second kappa shape index (κ2) is 6.31. The van der Waals surface area contributed by atoms with Crippen molar-refractivity contribution >= 4 is 11.9 Å². The Balaban J connectivity index is 2.73. The predicted molar refractivity (Wildman–Crippen MR) is 72.3 cm³/mol. The van der Waals surface area contributed by atoms with Gasteiger partial charge < -0.3 is 10.4 Å². The number of pyridine rings is 1. The average Bonchev–Trinajstić information content (AvgIpc) is 2.34. The Bertz CT molecular complexity index is 484. The van der Waals surface area contributed by atoms with Crippen molar-refractivity contribution in [2.45, 2.75) is 27.7 Å². The molecule has 0 spiro atoms. The Morgan fingerprint density at radius 3 is 2.42 bits per heavy atom. The largest absolute Gasteiger partial charge is 0.478 e. The van der Waals surface area contributed by atoms with E-state index in [-0.39, 0.29) is 17.2 Å². The molecular formula is C14H20N2O3. The van der Waals surface area contributed by atoms with Crippen molar-refractivity contribution < 1.29 is 14.7 Å². The highest BCUT2D eigenvalue weighted by molar-refractivity contribution is 5.94. The molecule has 0 aliphatic heterocycles. The quantitative estimate of drug-likeness (QED) is 0.853. The fraction of sp³-hybridized carbons (Fsp3) is 0.500. The van der Waals surface area contributed by atoms with Crippen molar-refractivity contribution in [2.24, 2.45) is 11.8 Å². The Hall–Kier alpha value is -1.91. The van der Waals surface area contributed by atoms with Crippen LogP contribution in [0.1, 0.15) is 47.3 Å². The minimum atomic E-state index is -1.04. The van der Waals surface area contributed by atoms with Gasteiger partial charge in [-0.1, -0.05) is 20.8 Å². The van der Waals surface area contributed by atoms with Gasteiger partial charge in [-0.05, 0) is 30.9 Å². The van der Waals surface area contributed by atoms with Gasteiger partial charge in [0, 0.05) is 6.54 Å². The molecule has 1 aromatic rings. The molecule has 104 valence electrons. The molecule has 1 atom stereocenters. The molecule has 0 bridgehead atoms. The fourth-order valence-electron chi connectivity index (χ4n) is 1.49. The van der Waals surface area contributed by atoms with Gasteiger partial charge in [0.25, 0.3) is 5.91 Å². The van der Waals surface area contributed by atoms with Crippen LogP contribution >= 0.6 is 0 Å². The zero-order valence-electron chi connectivity index (χ0n) is 11.7. The third-order valence-corrected chi connectivity index (χ3v) is 3.27. The van der Waals surface area contributed by atoms with Crippen molar-refractivity contribution in [2.75, 3.05) is 6.54 Å². The van der Waals surface area contributed by atoms with Crippen LogP contribution in [0.15, 0.2) is 12.1 Å². The average molecular weight is 264 g/mol. The van der Waals surface area contributed by atoms with E-state index in [1.54, 1.807) is 6.92 Å². The number of hydrogen-bond donors (Lipinski definition) is 2. The SMILES string of the molecule is Cc1nc(C(=O)NCC(C)C(C)C)ccc1C(=O)O. The molecular weight excluding hydrogens is 244 g/mol. The number of nitrogens with one attached hydrogen (secondary N) is 1. The molecule has 1 unspecified atom stereocenters. The fourth-order valence-corrected chi connectivity index (χ4v) is 1.49. The Morgan fingerprint density at radius 2 is 1.95 bits per heavy atom. The number of hydrogen-bond acceptors (Lipinski definition) is 3. The van der Waals surface area contributed by atoms with E-state index in [4.69, 9.17) is 5.11 Å². The van der Waals surface area contributed by atoms with Gasteiger partial charge in [-0.3, -0.25) is 4.79 Å². The first-order valence-electron chi connectivity index (χ1n) is 6.32. The van der Waals surface area contributed by atoms with Crippen molar-refractivity contribution in [3.05, 3.63) is 29.1 Å². The third-order valence-electron chi connectivity index (χ3n) is 3.27. The summed E-state index contributed by atoms with van der Waals surface area (Å²) in [5, 5.41) is 11.7. The number of aromatic carboxylic acids is 1. The molecule has 0 radical (unpaired) electrons. The van der Waals surface area contributed by atoms with Crippen LogP contribution in [0.4, 0.5) is 0 Å². The molecule has 0 saturated carbocycles. The first kappa shape index (κ1) is 15.1. The second-order valence-corrected chi connectivity index (χ2v) is 5.07. The molecule has 1 heterocycles. The minimum Gasteiger partial charge on any atom is -0.478 e. The summed E-state index contributed by atoms with van der Waals surface area (Å²) in [7, 11) is 0. The highest BCUT2D eigenvalue weighted by Crippen LogP contribution is 2.09. The normalized spacial score (nSPS) is 12.3. The van der Waals surface area contributed by atoms with E-state index in [1.807, 2.05) is 0 Å². The van der Waals surface area contributed by atoms with Gasteiger partial charge in [-0.25, -0.2) is 9.78 Å². The van der Waals surface area contributed by atoms with Crippen molar-refractivity contribution in [1.82, 2.24) is 10.3 Å². The zero-order chi connectivity index (χ0) is 14.6. The van der Waals surface area contributed by atoms with Crippen LogP contribution in [0, 0.1) is 18.8 Å². The number of carboxylic acids is 1. The van der Waals surface area contributed by atoms with Gasteiger partial charge in [-0.2, -0.15) is 0 Å². The monoisotopic (exact) mass is 264 g/mol. The topological polar surface area (TPSA) is 79.3 Å². The molecule has 5 heteroatoms. The summed E-state index contributed by atoms with van der Waals surface area (Å²) < 4.78 is 0. The lowest BCUT2D eigenvalue weighted by molar-refractivity contribution is 0.0694. The maximum atomic E-state index is 11.9. The molecule has 2 N–H and O–H groups in total. The molecule has 0 aliphatic carbocycles. The molecule has 1 rings (SSSR count). The van der Waals surface area contributed by atoms with Gasteiger partial charge in [0.15, 0.2) is 0 Å². The van der Waals surface area contributed by atoms with Gasteiger partial charge in [0.05, 0.1) is 11.3 Å². The van der Waals surface area contributed by atoms with Crippen LogP contribution in [-0.2, 0) is 0 Å². The van der Waals surface area contributed by atoms with Crippen LogP contribution in [0.3, 0.4) is 0 Å². The number of aromatic nitrogens is 1. The van der Waals surface area contributed by atoms with Crippen LogP contribution in [-0.4, -0.2) is 28.5 Å². The van der Waals surface area contributed by atoms with E-state index in [9.17, 15) is 9.59 Å². The Kier molecular flexibility index (Phi) is 5.03. The highest BCUT2D eigenvalue weighted by atomic mass is 16.4. The number of amides is 1. The van der Waals surface area contributed by atoms with Gasteiger partial charge in [0.2, 0.25) is 0 Å². The Labute approximate surface area is 113 Å². The van der Waals surface area contributed by atoms with E-state index in [0.29, 0.717) is 24.1 Å². The molecule has 19 heavy (non-hydrogen) atoms. The first-order valence-corrected chi connectivity index (χ1v) is 6.32. The lowest BCUT2D eigenvalue weighted by Gasteiger charge is -2.16. The van der Waals surface area contributed by atoms with E-state index >= 15 is 0 Å². The standard InChI is InChI=1S/C14H20N2O3/c1-8(2)9(3)7-15-13(17)12-6-5-11(14(18)19)10(4)16-12/h5-6,8-9H,7H2,1-4H3,(H,15,17)(H,18,19). The molecule has 0 aromatic carbocycles. The van der Waals surface area contributed by atoms with Crippen molar-refractivity contribution in [3.63, 3.8) is 0 Å². The van der Waals surface area contributed by atoms with Gasteiger partial charge >= 0.3 is 5.97 Å². The summed E-state index contributed by atoms with van der Waals surface area (Å²) in [5.41, 5.74) is 0.711. The summed E-state index contributed by atoms with van der Waals surface area (Å²) in [5.74, 6) is -0.439. The molecule has 1 aromatic heterocycles. The van der Waals surface area contributed by atoms with E-state index < -0.39 is 5.97 Å². The predicted octanol–water partition coefficient (Wildman–Crippen LogP) is 2.11. The highest BCUT2D eigenvalue weighted by Gasteiger charge is 2.14. The van der Waals surface area contributed by atoms with E-state index in [1.165, 1.54) is 12.1 Å². The lowest BCUT2D eigenvalue weighted by atomic mass is 9.98. The third kappa shape index (κ3) is 4.05. The van der Waals surface area contributed by atoms with Crippen LogP contribution < -0.4 is 5.32 Å². The van der Waals surface area contributed by atoms with Crippen LogP contribution in [0.5, 0.6) is 0 Å². The molecule has 0 saturated heterocycles. The van der Waals surface area contributed by atoms with Crippen molar-refractivity contribution in [3.8, 4) is 0 Å². The lowest BCUT2D eigenvalue weighted by Crippen LogP contribution is -2.30. The number of nitrogens with zero attached hydrogens (tertiary/aromatic N) is 1. The molecule has 0 fully saturated rings. The smallest absolute Gasteiger partial charge is 0.337 e. The van der Waals surface area contributed by atoms with Crippen LogP contribution in [0.25, 0.3) is 0 Å². The van der Waals surface area contributed by atoms with E-state index in [2.05, 4.69) is 31.1 Å². The first-order chi connectivity index (χ1) is 8.82. The summed E-state index contributed by atoms with van der Waals surface area (Å²) in [6, 6.07) is 2.84. The molecule has 1 amide bonds.